The highest BCUT2D eigenvalue weighted by Crippen LogP contribution is 2.64. The van der Waals surface area contributed by atoms with E-state index in [1.165, 1.54) is 26.0 Å². The minimum atomic E-state index is -2.44. The normalized spacial score (nSPS) is 29.9. The fourth-order valence-electron chi connectivity index (χ4n) is 11.0. The van der Waals surface area contributed by atoms with Gasteiger partial charge in [0.1, 0.15) is 34.8 Å². The number of fused-ring (bicyclic) bond motifs is 5. The molecule has 70 heavy (non-hydrogen) atoms. The Kier molecular flexibility index (Phi) is 15.3. The Morgan fingerprint density at radius 1 is 0.843 bits per heavy atom. The summed E-state index contributed by atoms with van der Waals surface area (Å²) in [7, 11) is 0. The molecule has 0 radical (unpaired) electrons. The van der Waals surface area contributed by atoms with E-state index in [1.807, 2.05) is 6.92 Å². The summed E-state index contributed by atoms with van der Waals surface area (Å²) < 4.78 is 36.9. The fraction of sp³-hybridized carbons (Fsp3) is 0.491. The molecule has 1 amide bonds. The summed E-state index contributed by atoms with van der Waals surface area (Å²) in [6.07, 6.45) is -8.87. The molecule has 0 spiro atoms. The minimum Gasteiger partial charge on any atom is -0.455 e. The Morgan fingerprint density at radius 2 is 1.44 bits per heavy atom. The van der Waals surface area contributed by atoms with Crippen LogP contribution in [0, 0.1) is 16.7 Å². The molecule has 1 saturated heterocycles. The van der Waals surface area contributed by atoms with Crippen molar-refractivity contribution in [1.82, 2.24) is 5.32 Å². The molecule has 3 aliphatic carbocycles. The maximum Gasteiger partial charge on any atom is 0.350 e. The van der Waals surface area contributed by atoms with Crippen LogP contribution in [0.2, 0.25) is 0 Å². The van der Waals surface area contributed by atoms with Gasteiger partial charge in [-0.2, -0.15) is 0 Å². The number of hydrogen-bond acceptors (Lipinski definition) is 15. The topological polar surface area (TPSA) is 227 Å². The molecule has 3 aromatic carbocycles. The van der Waals surface area contributed by atoms with E-state index in [0.717, 1.165) is 20.3 Å². The third kappa shape index (κ3) is 9.44. The molecular formula is C53H60BrNO15. The standard InChI is InChI=1S/C53H60BrNO15/c1-8-9-25-35(54)48(62)68-42(40(32-19-13-10-14-20-32)55-46(60)33-21-15-11-16-22-33)49(63)67-36-27-53(64)45(69-47(61)34-23-17-12-18-24-34)43-51(7,37(58)26-38-52(43,28-65-38)70-31(4)57)44(59)41(66-30(3)56)39(29(36)2)50(53,5)6/h10-24,35-38,40-43,45,58,64H,8-9,25-28H2,1-7H3,(H,55,60)/t35?,36-,37-,38+,40+,41+,42+,43?,45-,51+,52-,53+/m0/s1. The van der Waals surface area contributed by atoms with E-state index < -0.39 is 123 Å². The first kappa shape index (κ1) is 52.1. The predicted octanol–water partition coefficient (Wildman–Crippen LogP) is 6.24. The Bertz CT molecular complexity index is 2520. The third-order valence-corrected chi connectivity index (χ3v) is 15.6. The van der Waals surface area contributed by atoms with Crippen molar-refractivity contribution in [3.8, 4) is 0 Å². The van der Waals surface area contributed by atoms with Gasteiger partial charge >= 0.3 is 29.8 Å². The SMILES string of the molecule is CCCCC(Br)C(=O)O[C@@H](C(=O)O[C@H]1C[C@@]2(O)[C@@H](OC(=O)c3ccccc3)C3[C@](C)(C(=O)[C@H](OC(C)=O)C(=C1C)C2(C)C)[C@@H](O)C[C@H]1OC[C@@]31OC(C)=O)[C@H](NC(=O)c1ccccc1)c1ccccc1. The average Bonchev–Trinajstić information content (AvgIpc) is 3.33. The molecule has 3 fully saturated rings. The van der Waals surface area contributed by atoms with Crippen molar-refractivity contribution in [2.24, 2.45) is 16.7 Å². The van der Waals surface area contributed by atoms with Crippen LogP contribution in [0.4, 0.5) is 0 Å². The molecule has 3 N–H and O–H groups in total. The molecule has 4 aliphatic rings. The summed E-state index contributed by atoms with van der Waals surface area (Å²) in [6, 6.07) is 23.0. The van der Waals surface area contributed by atoms with Crippen molar-refractivity contribution in [3.05, 3.63) is 119 Å². The minimum absolute atomic E-state index is 0.0222. The Hall–Kier alpha value is -5.75. The number of rotatable bonds is 15. The Balaban J connectivity index is 1.42. The molecular weight excluding hydrogens is 970 g/mol. The molecule has 16 nitrogen and oxygen atoms in total. The quantitative estimate of drug-likeness (QED) is 0.0663. The van der Waals surface area contributed by atoms with Crippen LogP contribution in [-0.2, 0) is 52.4 Å². The summed E-state index contributed by atoms with van der Waals surface area (Å²) in [4.78, 5) is 98.8. The van der Waals surface area contributed by atoms with Crippen LogP contribution in [-0.4, -0.2) is 111 Å². The number of hydrogen-bond donors (Lipinski definition) is 3. The van der Waals surface area contributed by atoms with Crippen molar-refractivity contribution < 1.29 is 72.2 Å². The number of aliphatic hydroxyl groups excluding tert-OH is 1. The molecule has 12 atom stereocenters. The number of ether oxygens (including phenoxy) is 6. The van der Waals surface area contributed by atoms with E-state index in [9.17, 15) is 34.2 Å². The lowest BCUT2D eigenvalue weighted by Gasteiger charge is -2.67. The van der Waals surface area contributed by atoms with Crippen LogP contribution in [0.3, 0.4) is 0 Å². The van der Waals surface area contributed by atoms with E-state index in [2.05, 4.69) is 21.2 Å². The lowest BCUT2D eigenvalue weighted by Crippen LogP contribution is -2.82. The highest BCUT2D eigenvalue weighted by molar-refractivity contribution is 9.10. The zero-order valence-electron chi connectivity index (χ0n) is 40.2. The lowest BCUT2D eigenvalue weighted by atomic mass is 9.44. The van der Waals surface area contributed by atoms with Gasteiger partial charge in [0.05, 0.1) is 29.6 Å². The van der Waals surface area contributed by atoms with Crippen LogP contribution in [0.1, 0.15) is 113 Å². The number of benzene rings is 3. The molecule has 374 valence electrons. The van der Waals surface area contributed by atoms with Gasteiger partial charge in [-0.25, -0.2) is 9.59 Å². The number of alkyl halides is 1. The average molecular weight is 1030 g/mol. The van der Waals surface area contributed by atoms with Crippen molar-refractivity contribution >= 4 is 57.5 Å². The summed E-state index contributed by atoms with van der Waals surface area (Å²) in [5.41, 5.74) is -7.26. The van der Waals surface area contributed by atoms with E-state index in [4.69, 9.17) is 28.4 Å². The summed E-state index contributed by atoms with van der Waals surface area (Å²) in [5, 5.41) is 29.0. The summed E-state index contributed by atoms with van der Waals surface area (Å²) in [6.45, 7) is 9.91. The zero-order valence-corrected chi connectivity index (χ0v) is 41.8. The summed E-state index contributed by atoms with van der Waals surface area (Å²) >= 11 is 3.41. The monoisotopic (exact) mass is 1030 g/mol. The zero-order chi connectivity index (χ0) is 50.9. The van der Waals surface area contributed by atoms with Gasteiger partial charge in [0.15, 0.2) is 17.5 Å². The second-order valence-electron chi connectivity index (χ2n) is 19.4. The van der Waals surface area contributed by atoms with Gasteiger partial charge in [-0.05, 0) is 61.2 Å². The van der Waals surface area contributed by atoms with Gasteiger partial charge in [0.2, 0.25) is 6.10 Å². The van der Waals surface area contributed by atoms with Gasteiger partial charge in [-0.1, -0.05) is 116 Å². The van der Waals surface area contributed by atoms with Crippen molar-refractivity contribution in [1.29, 1.82) is 0 Å². The first-order valence-corrected chi connectivity index (χ1v) is 24.4. The molecule has 7 rings (SSSR count). The molecule has 3 aromatic rings. The second-order valence-corrected chi connectivity index (χ2v) is 20.5. The number of ketones is 1. The van der Waals surface area contributed by atoms with E-state index in [-0.39, 0.29) is 35.3 Å². The number of aliphatic hydroxyl groups is 2. The van der Waals surface area contributed by atoms with Crippen LogP contribution in [0.15, 0.2) is 102 Å². The van der Waals surface area contributed by atoms with E-state index in [1.54, 1.807) is 92.7 Å². The molecule has 0 aromatic heterocycles. The van der Waals surface area contributed by atoms with Crippen LogP contribution in [0.5, 0.6) is 0 Å². The van der Waals surface area contributed by atoms with Gasteiger partial charge in [-0.15, -0.1) is 0 Å². The van der Waals surface area contributed by atoms with Gasteiger partial charge < -0.3 is 44.0 Å². The maximum atomic E-state index is 15.7. The first-order valence-electron chi connectivity index (χ1n) is 23.5. The van der Waals surface area contributed by atoms with Crippen LogP contribution in [0.25, 0.3) is 0 Å². The number of carbonyl (C=O) groups is 7. The molecule has 2 bridgehead atoms. The number of nitrogens with one attached hydrogen (secondary N) is 1. The van der Waals surface area contributed by atoms with Crippen molar-refractivity contribution in [2.45, 2.75) is 139 Å². The smallest absolute Gasteiger partial charge is 0.350 e. The second kappa shape index (κ2) is 20.5. The van der Waals surface area contributed by atoms with Crippen LogP contribution < -0.4 is 5.32 Å². The van der Waals surface area contributed by atoms with E-state index >= 15 is 9.59 Å². The summed E-state index contributed by atoms with van der Waals surface area (Å²) in [5.74, 6) is -7.72. The number of amides is 1. The molecule has 2 saturated carbocycles. The largest absolute Gasteiger partial charge is 0.455 e. The van der Waals surface area contributed by atoms with Gasteiger partial charge in [0.25, 0.3) is 5.91 Å². The van der Waals surface area contributed by atoms with Gasteiger partial charge in [-0.3, -0.25) is 24.0 Å². The number of unbranched alkanes of at least 4 members (excludes halogenated alkanes) is 1. The lowest BCUT2D eigenvalue weighted by molar-refractivity contribution is -0.346. The number of Topliss-reactive ketones (excluding diaryl/α,β-unsaturated/α-hetero) is 1. The molecule has 17 heteroatoms. The highest BCUT2D eigenvalue weighted by atomic mass is 79.9. The molecule has 1 aliphatic heterocycles. The number of carbonyl (C=O) groups excluding carboxylic acids is 7. The van der Waals surface area contributed by atoms with Crippen LogP contribution >= 0.6 is 15.9 Å². The Labute approximate surface area is 414 Å². The number of halogens is 1. The molecule has 2 unspecified atom stereocenters. The molecule has 1 heterocycles. The van der Waals surface area contributed by atoms with Crippen molar-refractivity contribution in [3.63, 3.8) is 0 Å². The predicted molar refractivity (Wildman–Crippen MR) is 254 cm³/mol. The van der Waals surface area contributed by atoms with Crippen molar-refractivity contribution in [2.75, 3.05) is 6.61 Å². The van der Waals surface area contributed by atoms with Gasteiger partial charge in [0, 0.05) is 37.7 Å². The van der Waals surface area contributed by atoms with E-state index in [0.29, 0.717) is 18.4 Å². The highest BCUT2D eigenvalue weighted by Gasteiger charge is 2.78. The fourth-order valence-corrected chi connectivity index (χ4v) is 11.4. The Morgan fingerprint density at radius 3 is 2.00 bits per heavy atom. The number of esters is 5. The third-order valence-electron chi connectivity index (χ3n) is 14.8. The first-order chi connectivity index (χ1) is 33.1. The maximum absolute atomic E-state index is 15.7.